The van der Waals surface area contributed by atoms with Gasteiger partial charge < -0.3 is 14.9 Å². The Labute approximate surface area is 187 Å². The highest BCUT2D eigenvalue weighted by atomic mass is 79.9. The lowest BCUT2D eigenvalue weighted by molar-refractivity contribution is -0.271. The van der Waals surface area contributed by atoms with E-state index < -0.39 is 21.7 Å². The van der Waals surface area contributed by atoms with Gasteiger partial charge in [-0.3, -0.25) is 0 Å². The molecule has 1 aromatic carbocycles. The van der Waals surface area contributed by atoms with Crippen molar-refractivity contribution in [2.75, 3.05) is 13.1 Å². The van der Waals surface area contributed by atoms with E-state index in [1.165, 1.54) is 0 Å². The van der Waals surface area contributed by atoms with Gasteiger partial charge in [-0.2, -0.15) is 4.31 Å². The Morgan fingerprint density at radius 1 is 1.13 bits per heavy atom. The number of aliphatic hydroxyl groups excluding tert-OH is 1. The maximum absolute atomic E-state index is 13.1. The highest BCUT2D eigenvalue weighted by Gasteiger charge is 2.58. The van der Waals surface area contributed by atoms with Gasteiger partial charge in [0.2, 0.25) is 10.0 Å². The fourth-order valence-electron chi connectivity index (χ4n) is 5.62. The number of nitrogens with zero attached hydrogens (tertiary/aromatic N) is 1. The second-order valence-corrected chi connectivity index (χ2v) is 12.6. The Bertz CT molecular complexity index is 895. The highest BCUT2D eigenvalue weighted by Crippen LogP contribution is 2.52. The van der Waals surface area contributed by atoms with Crippen LogP contribution in [0.25, 0.3) is 0 Å². The van der Waals surface area contributed by atoms with Crippen LogP contribution >= 0.6 is 15.9 Å². The fraction of sp³-hybridized carbons (Fsp3) is 0.727. The van der Waals surface area contributed by atoms with Gasteiger partial charge in [-0.25, -0.2) is 8.42 Å². The summed E-state index contributed by atoms with van der Waals surface area (Å²) >= 11 is 3.36. The van der Waals surface area contributed by atoms with Crippen molar-refractivity contribution in [3.8, 4) is 0 Å². The third-order valence-corrected chi connectivity index (χ3v) is 10.6. The van der Waals surface area contributed by atoms with Crippen molar-refractivity contribution in [2.24, 2.45) is 17.8 Å². The van der Waals surface area contributed by atoms with Crippen LogP contribution in [0.2, 0.25) is 0 Å². The number of fused-ring (bicyclic) bond motifs is 2. The molecule has 1 aliphatic carbocycles. The fourth-order valence-corrected chi connectivity index (χ4v) is 8.06. The molecule has 0 radical (unpaired) electrons. The number of hydrogen-bond donors (Lipinski definition) is 2. The predicted octanol–water partition coefficient (Wildman–Crippen LogP) is 3.17. The summed E-state index contributed by atoms with van der Waals surface area (Å²) in [6, 6.07) is 6.90. The molecule has 2 aliphatic heterocycles. The van der Waals surface area contributed by atoms with Crippen molar-refractivity contribution in [3.05, 3.63) is 28.7 Å². The van der Waals surface area contributed by atoms with Crippen LogP contribution in [-0.4, -0.2) is 59.4 Å². The van der Waals surface area contributed by atoms with Crippen LogP contribution in [0.4, 0.5) is 0 Å². The second-order valence-electron chi connectivity index (χ2n) is 9.87. The van der Waals surface area contributed by atoms with E-state index in [1.54, 1.807) is 35.5 Å². The van der Waals surface area contributed by atoms with Crippen LogP contribution in [-0.2, 0) is 14.8 Å². The monoisotopic (exact) mass is 501 g/mol. The summed E-state index contributed by atoms with van der Waals surface area (Å²) in [5, 5.41) is 21.6. The Balaban J connectivity index is 1.51. The number of sulfonamides is 1. The molecule has 0 unspecified atom stereocenters. The first-order valence-electron chi connectivity index (χ1n) is 10.8. The molecule has 1 saturated carbocycles. The average Bonchev–Trinajstić information content (AvgIpc) is 2.68. The lowest BCUT2D eigenvalue weighted by Crippen LogP contribution is -2.65. The molecule has 6 nitrogen and oxygen atoms in total. The first kappa shape index (κ1) is 22.7. The molecule has 2 saturated heterocycles. The summed E-state index contributed by atoms with van der Waals surface area (Å²) in [6.07, 6.45) is 1.79. The maximum Gasteiger partial charge on any atom is 0.244 e. The minimum absolute atomic E-state index is 0.143. The van der Waals surface area contributed by atoms with E-state index in [4.69, 9.17) is 4.74 Å². The first-order chi connectivity index (χ1) is 13.9. The molecule has 168 valence electrons. The number of benzene rings is 1. The van der Waals surface area contributed by atoms with Crippen LogP contribution in [0.15, 0.2) is 33.6 Å². The van der Waals surface area contributed by atoms with Crippen molar-refractivity contribution in [1.82, 2.24) is 4.31 Å². The average molecular weight is 502 g/mol. The normalized spacial score (nSPS) is 37.8. The third kappa shape index (κ3) is 3.77. The molecule has 30 heavy (non-hydrogen) atoms. The second kappa shape index (κ2) is 7.81. The molecular weight excluding hydrogens is 470 g/mol. The molecule has 3 aliphatic rings. The number of halogens is 1. The minimum Gasteiger partial charge on any atom is -0.390 e. The van der Waals surface area contributed by atoms with E-state index >= 15 is 0 Å². The van der Waals surface area contributed by atoms with Gasteiger partial charge in [0.15, 0.2) is 0 Å². The van der Waals surface area contributed by atoms with Crippen LogP contribution in [0.1, 0.15) is 46.5 Å². The smallest absolute Gasteiger partial charge is 0.244 e. The van der Waals surface area contributed by atoms with E-state index in [2.05, 4.69) is 29.8 Å². The summed E-state index contributed by atoms with van der Waals surface area (Å²) in [6.45, 7) is 6.71. The summed E-state index contributed by atoms with van der Waals surface area (Å²) in [7, 11) is -3.56. The zero-order valence-electron chi connectivity index (χ0n) is 17.8. The van der Waals surface area contributed by atoms with Crippen molar-refractivity contribution < 1.29 is 23.4 Å². The number of piperidine rings is 1. The minimum atomic E-state index is -3.56. The van der Waals surface area contributed by atoms with Gasteiger partial charge in [-0.1, -0.05) is 12.1 Å². The summed E-state index contributed by atoms with van der Waals surface area (Å²) < 4.78 is 34.9. The number of rotatable bonds is 3. The molecule has 5 atom stereocenters. The SMILES string of the molecule is CC1(C)O[C@@H](C2CCN(S(=O)(=O)c3ccccc3Br)CC2)[C@H]2C[C@@H]1C[C@H](O)[C@@]2(C)O. The number of ether oxygens (including phenoxy) is 1. The zero-order valence-corrected chi connectivity index (χ0v) is 20.2. The van der Waals surface area contributed by atoms with Gasteiger partial charge in [-0.05, 0) is 86.4 Å². The molecule has 0 amide bonds. The molecular formula is C22H32BrNO5S. The lowest BCUT2D eigenvalue weighted by atomic mass is 9.60. The largest absolute Gasteiger partial charge is 0.390 e. The molecule has 2 bridgehead atoms. The van der Waals surface area contributed by atoms with Crippen molar-refractivity contribution in [3.63, 3.8) is 0 Å². The van der Waals surface area contributed by atoms with Gasteiger partial charge in [0, 0.05) is 23.5 Å². The molecule has 0 spiro atoms. The Morgan fingerprint density at radius 3 is 2.40 bits per heavy atom. The van der Waals surface area contributed by atoms with Crippen molar-refractivity contribution >= 4 is 26.0 Å². The predicted molar refractivity (Wildman–Crippen MR) is 117 cm³/mol. The van der Waals surface area contributed by atoms with E-state index in [-0.39, 0.29) is 29.5 Å². The van der Waals surface area contributed by atoms with Gasteiger partial charge >= 0.3 is 0 Å². The summed E-state index contributed by atoms with van der Waals surface area (Å²) in [5.74, 6) is 0.221. The molecule has 4 rings (SSSR count). The van der Waals surface area contributed by atoms with E-state index in [1.807, 2.05) is 0 Å². The van der Waals surface area contributed by atoms with Crippen LogP contribution in [0.3, 0.4) is 0 Å². The standard InChI is InChI=1S/C22H32BrNO5S/c1-21(2)15-12-16(22(3,26)19(25)13-15)20(29-21)14-8-10-24(11-9-14)30(27,28)18-7-5-4-6-17(18)23/h4-7,14-16,19-20,25-26H,8-13H2,1-3H3/t15-,16-,19+,20+,22+/m1/s1. The molecule has 8 heteroatoms. The highest BCUT2D eigenvalue weighted by molar-refractivity contribution is 9.10. The van der Waals surface area contributed by atoms with Crippen LogP contribution in [0.5, 0.6) is 0 Å². The van der Waals surface area contributed by atoms with E-state index in [0.29, 0.717) is 41.7 Å². The van der Waals surface area contributed by atoms with Crippen LogP contribution < -0.4 is 0 Å². The van der Waals surface area contributed by atoms with Gasteiger partial charge in [-0.15, -0.1) is 0 Å². The number of hydrogen-bond acceptors (Lipinski definition) is 5. The summed E-state index contributed by atoms with van der Waals surface area (Å²) in [4.78, 5) is 0.291. The van der Waals surface area contributed by atoms with Crippen molar-refractivity contribution in [2.45, 2.75) is 74.8 Å². The Morgan fingerprint density at radius 2 is 1.77 bits per heavy atom. The molecule has 3 fully saturated rings. The van der Waals surface area contributed by atoms with E-state index in [9.17, 15) is 18.6 Å². The maximum atomic E-state index is 13.1. The quantitative estimate of drug-likeness (QED) is 0.663. The Kier molecular flexibility index (Phi) is 5.91. The summed E-state index contributed by atoms with van der Waals surface area (Å²) in [5.41, 5.74) is -1.55. The van der Waals surface area contributed by atoms with Gasteiger partial charge in [0.25, 0.3) is 0 Å². The molecule has 1 aromatic rings. The van der Waals surface area contributed by atoms with Gasteiger partial charge in [0.1, 0.15) is 0 Å². The third-order valence-electron chi connectivity index (χ3n) is 7.71. The topological polar surface area (TPSA) is 87.1 Å². The van der Waals surface area contributed by atoms with Gasteiger partial charge in [0.05, 0.1) is 28.3 Å². The van der Waals surface area contributed by atoms with E-state index in [0.717, 1.165) is 6.42 Å². The van der Waals surface area contributed by atoms with Crippen LogP contribution in [0, 0.1) is 17.8 Å². The Hall–Kier alpha value is -0.510. The van der Waals surface area contributed by atoms with Crippen molar-refractivity contribution in [1.29, 1.82) is 0 Å². The molecule has 2 heterocycles. The molecule has 2 N–H and O–H groups in total. The lowest BCUT2D eigenvalue weighted by Gasteiger charge is -2.58. The molecule has 0 aromatic heterocycles. The first-order valence-corrected chi connectivity index (χ1v) is 13.0. The number of aliphatic hydroxyl groups is 2. The zero-order chi connectivity index (χ0) is 21.9.